The van der Waals surface area contributed by atoms with Crippen molar-refractivity contribution in [2.24, 2.45) is 5.92 Å². The van der Waals surface area contributed by atoms with Crippen molar-refractivity contribution in [2.75, 3.05) is 6.61 Å². The zero-order chi connectivity index (χ0) is 15.3. The Labute approximate surface area is 114 Å². The highest BCUT2D eigenvalue weighted by atomic mass is 19.4. The maximum absolute atomic E-state index is 13.1. The fourth-order valence-electron chi connectivity index (χ4n) is 1.75. The first-order valence-corrected chi connectivity index (χ1v) is 6.29. The van der Waals surface area contributed by atoms with Crippen molar-refractivity contribution in [3.8, 4) is 0 Å². The lowest BCUT2D eigenvalue weighted by molar-refractivity contribution is -0.140. The first kappa shape index (κ1) is 16.5. The Morgan fingerprint density at radius 1 is 1.35 bits per heavy atom. The number of carbonyl (C=O) groups excluding carboxylic acids is 1. The Morgan fingerprint density at radius 3 is 2.55 bits per heavy atom. The molecular weight excluding hydrogens is 276 g/mol. The molecule has 2 nitrogen and oxygen atoms in total. The number of benzene rings is 1. The topological polar surface area (TPSA) is 26.3 Å². The van der Waals surface area contributed by atoms with Gasteiger partial charge in [-0.25, -0.2) is 9.18 Å². The molecule has 0 saturated heterocycles. The lowest BCUT2D eigenvalue weighted by atomic mass is 10.1. The Balaban J connectivity index is 2.79. The van der Waals surface area contributed by atoms with E-state index in [0.29, 0.717) is 12.1 Å². The van der Waals surface area contributed by atoms with Crippen LogP contribution in [0.25, 0.3) is 0 Å². The normalized spacial score (nSPS) is 13.1. The zero-order valence-corrected chi connectivity index (χ0v) is 11.3. The van der Waals surface area contributed by atoms with Crippen LogP contribution in [0.4, 0.5) is 17.6 Å². The summed E-state index contributed by atoms with van der Waals surface area (Å²) in [6.45, 7) is 3.99. The number of hydrogen-bond donors (Lipinski definition) is 0. The molecule has 0 saturated carbocycles. The molecule has 0 radical (unpaired) electrons. The summed E-state index contributed by atoms with van der Waals surface area (Å²) in [4.78, 5) is 11.6. The van der Waals surface area contributed by atoms with E-state index in [9.17, 15) is 22.4 Å². The molecule has 0 bridgehead atoms. The summed E-state index contributed by atoms with van der Waals surface area (Å²) in [5.41, 5.74) is -1.77. The zero-order valence-electron chi connectivity index (χ0n) is 11.3. The second-order valence-corrected chi connectivity index (χ2v) is 4.68. The molecular formula is C14H16F4O2. The number of alkyl halides is 3. The summed E-state index contributed by atoms with van der Waals surface area (Å²) in [7, 11) is 0. The van der Waals surface area contributed by atoms with Gasteiger partial charge in [0.25, 0.3) is 0 Å². The summed E-state index contributed by atoms with van der Waals surface area (Å²) in [5, 5.41) is 0. The van der Waals surface area contributed by atoms with Gasteiger partial charge in [0, 0.05) is 0 Å². The summed E-state index contributed by atoms with van der Waals surface area (Å²) >= 11 is 0. The quantitative estimate of drug-likeness (QED) is 0.592. The van der Waals surface area contributed by atoms with Crippen LogP contribution in [0, 0.1) is 11.7 Å². The van der Waals surface area contributed by atoms with Gasteiger partial charge in [0.1, 0.15) is 5.82 Å². The van der Waals surface area contributed by atoms with Crippen LogP contribution >= 0.6 is 0 Å². The summed E-state index contributed by atoms with van der Waals surface area (Å²) in [6.07, 6.45) is -3.06. The second-order valence-electron chi connectivity index (χ2n) is 4.68. The second kappa shape index (κ2) is 6.72. The number of halogens is 4. The van der Waals surface area contributed by atoms with Gasteiger partial charge < -0.3 is 4.74 Å². The van der Waals surface area contributed by atoms with E-state index in [1.165, 1.54) is 0 Å². The van der Waals surface area contributed by atoms with Crippen LogP contribution in [0.1, 0.15) is 42.6 Å². The number of hydrogen-bond acceptors (Lipinski definition) is 2. The van der Waals surface area contributed by atoms with Crippen molar-refractivity contribution < 1.29 is 27.1 Å². The van der Waals surface area contributed by atoms with Crippen LogP contribution < -0.4 is 0 Å². The molecule has 0 N–H and O–H groups in total. The lowest BCUT2D eigenvalue weighted by Crippen LogP contribution is -2.14. The fourth-order valence-corrected chi connectivity index (χ4v) is 1.75. The average molecular weight is 292 g/mol. The van der Waals surface area contributed by atoms with Crippen LogP contribution in [0.15, 0.2) is 18.2 Å². The fraction of sp³-hybridized carbons (Fsp3) is 0.500. The minimum Gasteiger partial charge on any atom is -0.462 e. The Bertz CT molecular complexity index is 469. The van der Waals surface area contributed by atoms with Crippen LogP contribution in [-0.2, 0) is 10.9 Å². The van der Waals surface area contributed by atoms with Gasteiger partial charge in [-0.3, -0.25) is 0 Å². The van der Waals surface area contributed by atoms with Crippen LogP contribution in [0.5, 0.6) is 0 Å². The van der Waals surface area contributed by atoms with Gasteiger partial charge >= 0.3 is 12.1 Å². The molecule has 0 amide bonds. The molecule has 0 aliphatic carbocycles. The molecule has 0 aliphatic rings. The highest BCUT2D eigenvalue weighted by Crippen LogP contribution is 2.32. The first-order chi connectivity index (χ1) is 9.25. The molecule has 0 aliphatic heterocycles. The van der Waals surface area contributed by atoms with Crippen molar-refractivity contribution in [1.82, 2.24) is 0 Å². The molecule has 0 fully saturated rings. The monoisotopic (exact) mass is 292 g/mol. The SMILES string of the molecule is CCCC(C)COC(=O)c1ccc(F)c(C(F)(F)F)c1. The van der Waals surface area contributed by atoms with E-state index in [2.05, 4.69) is 0 Å². The van der Waals surface area contributed by atoms with E-state index in [4.69, 9.17) is 4.74 Å². The number of carbonyl (C=O) groups is 1. The molecule has 112 valence electrons. The molecule has 1 aromatic rings. The van der Waals surface area contributed by atoms with Gasteiger partial charge in [-0.05, 0) is 30.5 Å². The van der Waals surface area contributed by atoms with Crippen LogP contribution in [-0.4, -0.2) is 12.6 Å². The first-order valence-electron chi connectivity index (χ1n) is 6.29. The minimum absolute atomic E-state index is 0.130. The smallest absolute Gasteiger partial charge is 0.419 e. The van der Waals surface area contributed by atoms with E-state index in [1.54, 1.807) is 0 Å². The van der Waals surface area contributed by atoms with Crippen molar-refractivity contribution in [2.45, 2.75) is 32.9 Å². The number of ether oxygens (including phenoxy) is 1. The van der Waals surface area contributed by atoms with E-state index in [-0.39, 0.29) is 18.1 Å². The van der Waals surface area contributed by atoms with E-state index in [1.807, 2.05) is 13.8 Å². The van der Waals surface area contributed by atoms with Gasteiger partial charge in [-0.1, -0.05) is 20.3 Å². The van der Waals surface area contributed by atoms with Gasteiger partial charge in [-0.2, -0.15) is 13.2 Å². The molecule has 1 aromatic carbocycles. The third-order valence-electron chi connectivity index (χ3n) is 2.79. The molecule has 1 rings (SSSR count). The Hall–Kier alpha value is -1.59. The number of rotatable bonds is 5. The third kappa shape index (κ3) is 4.51. The Kier molecular flexibility index (Phi) is 5.53. The van der Waals surface area contributed by atoms with E-state index < -0.39 is 23.5 Å². The predicted molar refractivity (Wildman–Crippen MR) is 65.8 cm³/mol. The Morgan fingerprint density at radius 2 is 2.00 bits per heavy atom. The molecule has 1 atom stereocenters. The third-order valence-corrected chi connectivity index (χ3v) is 2.79. The van der Waals surface area contributed by atoms with Gasteiger partial charge in [0.05, 0.1) is 17.7 Å². The summed E-state index contributed by atoms with van der Waals surface area (Å²) in [6, 6.07) is 2.08. The molecule has 20 heavy (non-hydrogen) atoms. The molecule has 6 heteroatoms. The van der Waals surface area contributed by atoms with Gasteiger partial charge in [0.15, 0.2) is 0 Å². The number of esters is 1. The van der Waals surface area contributed by atoms with Crippen molar-refractivity contribution >= 4 is 5.97 Å². The van der Waals surface area contributed by atoms with Gasteiger partial charge in [-0.15, -0.1) is 0 Å². The van der Waals surface area contributed by atoms with Crippen LogP contribution in [0.2, 0.25) is 0 Å². The van der Waals surface area contributed by atoms with Crippen LogP contribution in [0.3, 0.4) is 0 Å². The molecule has 0 spiro atoms. The highest BCUT2D eigenvalue weighted by Gasteiger charge is 2.34. The van der Waals surface area contributed by atoms with Gasteiger partial charge in [0.2, 0.25) is 0 Å². The summed E-state index contributed by atoms with van der Waals surface area (Å²) < 4.78 is 55.5. The largest absolute Gasteiger partial charge is 0.462 e. The molecule has 0 aromatic heterocycles. The van der Waals surface area contributed by atoms with E-state index >= 15 is 0 Å². The van der Waals surface area contributed by atoms with Crippen molar-refractivity contribution in [3.63, 3.8) is 0 Å². The lowest BCUT2D eigenvalue weighted by Gasteiger charge is -2.12. The molecule has 1 unspecified atom stereocenters. The predicted octanol–water partition coefficient (Wildman–Crippen LogP) is 4.44. The molecule has 0 heterocycles. The maximum Gasteiger partial charge on any atom is 0.419 e. The minimum atomic E-state index is -4.84. The van der Waals surface area contributed by atoms with Crippen molar-refractivity contribution in [1.29, 1.82) is 0 Å². The highest BCUT2D eigenvalue weighted by molar-refractivity contribution is 5.89. The standard InChI is InChI=1S/C14H16F4O2/c1-3-4-9(2)8-20-13(19)10-5-6-12(15)11(7-10)14(16,17)18/h5-7,9H,3-4,8H2,1-2H3. The van der Waals surface area contributed by atoms with E-state index in [0.717, 1.165) is 18.9 Å². The maximum atomic E-state index is 13.1. The average Bonchev–Trinajstić information content (AvgIpc) is 2.35. The van der Waals surface area contributed by atoms with Crippen molar-refractivity contribution in [3.05, 3.63) is 35.1 Å². The summed E-state index contributed by atoms with van der Waals surface area (Å²) in [5.74, 6) is -2.15.